The van der Waals surface area contributed by atoms with E-state index < -0.39 is 0 Å². The highest BCUT2D eigenvalue weighted by molar-refractivity contribution is 5.34. The van der Waals surface area contributed by atoms with Gasteiger partial charge < -0.3 is 14.6 Å². The lowest BCUT2D eigenvalue weighted by Gasteiger charge is -2.23. The van der Waals surface area contributed by atoms with Gasteiger partial charge in [0.05, 0.1) is 6.61 Å². The number of benzene rings is 1. The second-order valence-corrected chi connectivity index (χ2v) is 5.85. The van der Waals surface area contributed by atoms with Crippen LogP contribution >= 0.6 is 0 Å². The first-order chi connectivity index (χ1) is 10.3. The van der Waals surface area contributed by atoms with Gasteiger partial charge in [0.1, 0.15) is 0 Å². The summed E-state index contributed by atoms with van der Waals surface area (Å²) in [5, 5.41) is 8.86. The normalized spacial score (nSPS) is 18.9. The zero-order valence-electron chi connectivity index (χ0n) is 13.1. The molecular weight excluding hydrogens is 264 g/mol. The van der Waals surface area contributed by atoms with Crippen LogP contribution in [0.1, 0.15) is 55.2 Å². The van der Waals surface area contributed by atoms with Gasteiger partial charge in [-0.3, -0.25) is 0 Å². The molecule has 1 aliphatic rings. The Morgan fingerprint density at radius 2 is 2.14 bits per heavy atom. The molecule has 0 aromatic heterocycles. The molecule has 1 aliphatic heterocycles. The molecule has 0 spiro atoms. The summed E-state index contributed by atoms with van der Waals surface area (Å²) >= 11 is 0. The number of hydrogen-bond acceptors (Lipinski definition) is 3. The Kier molecular flexibility index (Phi) is 7.20. The highest BCUT2D eigenvalue weighted by atomic mass is 16.7. The van der Waals surface area contributed by atoms with Gasteiger partial charge in [0.2, 0.25) is 0 Å². The molecular formula is C18H28O3. The van der Waals surface area contributed by atoms with Gasteiger partial charge >= 0.3 is 0 Å². The summed E-state index contributed by atoms with van der Waals surface area (Å²) in [5.74, 6) is 0. The Hall–Kier alpha value is -0.900. The molecule has 118 valence electrons. The zero-order valence-corrected chi connectivity index (χ0v) is 13.1. The van der Waals surface area contributed by atoms with Crippen LogP contribution < -0.4 is 0 Å². The summed E-state index contributed by atoms with van der Waals surface area (Å²) in [6.45, 7) is 3.92. The van der Waals surface area contributed by atoms with E-state index in [1.807, 2.05) is 0 Å². The number of aliphatic hydroxyl groups is 1. The van der Waals surface area contributed by atoms with Crippen molar-refractivity contribution in [3.8, 4) is 0 Å². The molecule has 1 fully saturated rings. The summed E-state index contributed by atoms with van der Waals surface area (Å²) < 4.78 is 11.6. The van der Waals surface area contributed by atoms with Crippen molar-refractivity contribution < 1.29 is 14.6 Å². The van der Waals surface area contributed by atoms with Crippen LogP contribution in [-0.2, 0) is 22.5 Å². The quantitative estimate of drug-likeness (QED) is 0.742. The van der Waals surface area contributed by atoms with Gasteiger partial charge in [0, 0.05) is 13.2 Å². The first-order valence-electron chi connectivity index (χ1n) is 8.22. The molecule has 3 heteroatoms. The van der Waals surface area contributed by atoms with E-state index in [1.54, 1.807) is 0 Å². The zero-order chi connectivity index (χ0) is 14.9. The monoisotopic (exact) mass is 292 g/mol. The van der Waals surface area contributed by atoms with E-state index >= 15 is 0 Å². The minimum Gasteiger partial charge on any atom is -0.396 e. The molecule has 0 saturated carbocycles. The Bertz CT molecular complexity index is 411. The third kappa shape index (κ3) is 5.42. The summed E-state index contributed by atoms with van der Waals surface area (Å²) in [6.07, 6.45) is 7.50. The second kappa shape index (κ2) is 9.19. The molecule has 2 rings (SSSR count). The molecule has 1 atom stereocenters. The van der Waals surface area contributed by atoms with E-state index in [4.69, 9.17) is 14.6 Å². The van der Waals surface area contributed by atoms with Gasteiger partial charge in [0.25, 0.3) is 0 Å². The fourth-order valence-electron chi connectivity index (χ4n) is 2.83. The van der Waals surface area contributed by atoms with E-state index in [0.717, 1.165) is 45.1 Å². The third-order valence-electron chi connectivity index (χ3n) is 4.16. The summed E-state index contributed by atoms with van der Waals surface area (Å²) in [6, 6.07) is 6.47. The number of ether oxygens (including phenoxy) is 2. The minimum absolute atomic E-state index is 0.0272. The van der Waals surface area contributed by atoms with Gasteiger partial charge in [0.15, 0.2) is 6.29 Å². The van der Waals surface area contributed by atoms with Gasteiger partial charge in [-0.25, -0.2) is 0 Å². The standard InChI is InChI=1S/C18H28O3/c1-15-8-7-10-16(9-3-2-5-12-19)17(15)14-21-18-11-4-6-13-20-18/h7-8,10,18-19H,2-6,9,11-14H2,1H3/t18-/m1/s1. The average molecular weight is 292 g/mol. The van der Waals surface area contributed by atoms with E-state index in [1.165, 1.54) is 23.1 Å². The lowest BCUT2D eigenvalue weighted by molar-refractivity contribution is -0.169. The van der Waals surface area contributed by atoms with Gasteiger partial charge in [-0.15, -0.1) is 0 Å². The molecule has 1 heterocycles. The maximum atomic E-state index is 8.86. The van der Waals surface area contributed by atoms with Crippen LogP contribution in [-0.4, -0.2) is 24.6 Å². The van der Waals surface area contributed by atoms with Crippen molar-refractivity contribution in [2.45, 2.75) is 64.8 Å². The third-order valence-corrected chi connectivity index (χ3v) is 4.16. The molecule has 1 aromatic rings. The van der Waals surface area contributed by atoms with Crippen LogP contribution in [0.5, 0.6) is 0 Å². The van der Waals surface area contributed by atoms with E-state index in [2.05, 4.69) is 25.1 Å². The van der Waals surface area contributed by atoms with Crippen molar-refractivity contribution in [1.82, 2.24) is 0 Å². The van der Waals surface area contributed by atoms with Gasteiger partial charge in [-0.1, -0.05) is 24.6 Å². The predicted octanol–water partition coefficient (Wildman–Crippen LogP) is 3.74. The fraction of sp³-hybridized carbons (Fsp3) is 0.667. The number of aryl methyl sites for hydroxylation is 2. The highest BCUT2D eigenvalue weighted by Crippen LogP contribution is 2.21. The largest absolute Gasteiger partial charge is 0.396 e. The first-order valence-corrected chi connectivity index (χ1v) is 8.22. The maximum Gasteiger partial charge on any atom is 0.158 e. The summed E-state index contributed by atoms with van der Waals surface area (Å²) in [4.78, 5) is 0. The lowest BCUT2D eigenvalue weighted by atomic mass is 9.98. The topological polar surface area (TPSA) is 38.7 Å². The van der Waals surface area contributed by atoms with Crippen LogP contribution in [0.3, 0.4) is 0 Å². The molecule has 0 amide bonds. The Morgan fingerprint density at radius 1 is 1.24 bits per heavy atom. The van der Waals surface area contributed by atoms with Crippen molar-refractivity contribution in [2.24, 2.45) is 0 Å². The molecule has 3 nitrogen and oxygen atoms in total. The Labute approximate surface area is 128 Å². The molecule has 1 N–H and O–H groups in total. The van der Waals surface area contributed by atoms with Crippen molar-refractivity contribution >= 4 is 0 Å². The van der Waals surface area contributed by atoms with Crippen molar-refractivity contribution in [3.05, 3.63) is 34.9 Å². The SMILES string of the molecule is Cc1cccc(CCCCCO)c1CO[C@@H]1CCCCO1. The molecule has 1 aromatic carbocycles. The minimum atomic E-state index is -0.0272. The molecule has 0 bridgehead atoms. The van der Waals surface area contributed by atoms with Crippen LogP contribution in [0.15, 0.2) is 18.2 Å². The van der Waals surface area contributed by atoms with Crippen LogP contribution in [0.4, 0.5) is 0 Å². The first kappa shape index (κ1) is 16.5. The molecule has 21 heavy (non-hydrogen) atoms. The molecule has 0 unspecified atom stereocenters. The maximum absolute atomic E-state index is 8.86. The lowest BCUT2D eigenvalue weighted by Crippen LogP contribution is -2.22. The molecule has 0 radical (unpaired) electrons. The summed E-state index contributed by atoms with van der Waals surface area (Å²) in [7, 11) is 0. The smallest absolute Gasteiger partial charge is 0.158 e. The number of aliphatic hydroxyl groups excluding tert-OH is 1. The van der Waals surface area contributed by atoms with Gasteiger partial charge in [-0.05, 0) is 62.1 Å². The van der Waals surface area contributed by atoms with E-state index in [-0.39, 0.29) is 6.29 Å². The van der Waals surface area contributed by atoms with Crippen LogP contribution in [0.25, 0.3) is 0 Å². The number of hydrogen-bond donors (Lipinski definition) is 1. The predicted molar refractivity (Wildman–Crippen MR) is 84.2 cm³/mol. The van der Waals surface area contributed by atoms with E-state index in [9.17, 15) is 0 Å². The Morgan fingerprint density at radius 3 is 2.90 bits per heavy atom. The highest BCUT2D eigenvalue weighted by Gasteiger charge is 2.15. The van der Waals surface area contributed by atoms with Gasteiger partial charge in [-0.2, -0.15) is 0 Å². The molecule has 1 saturated heterocycles. The van der Waals surface area contributed by atoms with Crippen LogP contribution in [0.2, 0.25) is 0 Å². The average Bonchev–Trinajstić information content (AvgIpc) is 2.52. The van der Waals surface area contributed by atoms with Crippen molar-refractivity contribution in [3.63, 3.8) is 0 Å². The summed E-state index contributed by atoms with van der Waals surface area (Å²) in [5.41, 5.74) is 3.99. The van der Waals surface area contributed by atoms with E-state index in [0.29, 0.717) is 13.2 Å². The number of rotatable bonds is 8. The second-order valence-electron chi connectivity index (χ2n) is 5.85. The molecule has 0 aliphatic carbocycles. The number of unbranched alkanes of at least 4 members (excludes halogenated alkanes) is 2. The van der Waals surface area contributed by atoms with Crippen LogP contribution in [0, 0.1) is 6.92 Å². The fourth-order valence-corrected chi connectivity index (χ4v) is 2.83. The van der Waals surface area contributed by atoms with Crippen molar-refractivity contribution in [2.75, 3.05) is 13.2 Å². The Balaban J connectivity index is 1.89. The van der Waals surface area contributed by atoms with Crippen molar-refractivity contribution in [1.29, 1.82) is 0 Å².